The van der Waals surface area contributed by atoms with Gasteiger partial charge in [-0.05, 0) is 94.4 Å². The van der Waals surface area contributed by atoms with Crippen molar-refractivity contribution in [3.8, 4) is 11.5 Å². The topological polar surface area (TPSA) is 44.8 Å². The summed E-state index contributed by atoms with van der Waals surface area (Å²) in [5.74, 6) is -4.19. The number of carbonyl (C=O) groups is 1. The van der Waals surface area contributed by atoms with Crippen LogP contribution in [0.5, 0.6) is 11.5 Å². The number of hydrogen-bond acceptors (Lipinski definition) is 4. The molecular weight excluding hydrogens is 569 g/mol. The van der Waals surface area contributed by atoms with Crippen LogP contribution in [-0.2, 0) is 10.9 Å². The van der Waals surface area contributed by atoms with E-state index >= 15 is 0 Å². The van der Waals surface area contributed by atoms with Gasteiger partial charge in [0, 0.05) is 12.1 Å². The lowest BCUT2D eigenvalue weighted by atomic mass is 9.80. The molecule has 0 N–H and O–H groups in total. The van der Waals surface area contributed by atoms with Crippen LogP contribution in [0.3, 0.4) is 0 Å². The van der Waals surface area contributed by atoms with E-state index in [1.54, 1.807) is 6.92 Å². The third-order valence-corrected chi connectivity index (χ3v) is 7.87. The second-order valence-electron chi connectivity index (χ2n) is 10.8. The number of hydrogen-bond donors (Lipinski definition) is 0. The molecule has 2 aromatic carbocycles. The van der Waals surface area contributed by atoms with E-state index in [0.29, 0.717) is 56.2 Å². The highest BCUT2D eigenvalue weighted by Crippen LogP contribution is 2.42. The first-order chi connectivity index (χ1) is 19.9. The summed E-state index contributed by atoms with van der Waals surface area (Å²) < 4.78 is 111. The molecule has 0 saturated heterocycles. The van der Waals surface area contributed by atoms with E-state index in [1.807, 2.05) is 6.08 Å². The molecule has 2 aliphatic carbocycles. The maximum Gasteiger partial charge on any atom is 0.419 e. The van der Waals surface area contributed by atoms with E-state index in [1.165, 1.54) is 12.1 Å². The minimum Gasteiger partial charge on any atom is -0.494 e. The van der Waals surface area contributed by atoms with Crippen molar-refractivity contribution in [3.05, 3.63) is 71.3 Å². The minimum atomic E-state index is -4.93. The maximum atomic E-state index is 14.7. The molecule has 2 saturated carbocycles. The molecule has 0 heterocycles. The number of allylic oxidation sites excluding steroid dienone is 2. The summed E-state index contributed by atoms with van der Waals surface area (Å²) in [7, 11) is 0. The zero-order valence-electron chi connectivity index (χ0n) is 23.1. The summed E-state index contributed by atoms with van der Waals surface area (Å²) in [6.07, 6.45) is -0.718. The molecule has 0 radical (unpaired) electrons. The van der Waals surface area contributed by atoms with Crippen molar-refractivity contribution >= 4 is 5.97 Å². The summed E-state index contributed by atoms with van der Waals surface area (Å²) in [5.41, 5.74) is -1.68. The number of carbonyl (C=O) groups excluding carboxylic acids is 1. The quantitative estimate of drug-likeness (QED) is 0.163. The van der Waals surface area contributed by atoms with Crippen LogP contribution in [0.25, 0.3) is 0 Å². The van der Waals surface area contributed by atoms with Gasteiger partial charge in [0.25, 0.3) is 0 Å². The monoisotopic (exact) mass is 602 g/mol. The Balaban J connectivity index is 1.20. The number of halogens is 7. The maximum absolute atomic E-state index is 14.7. The SMILES string of the molecule is CCOc1ccc(C(=O)OC2CCC(/C=C/C3CCC(C(F)(F)Oc4ccc(C(F)(F)F)c(F)c4)CC3)CC2)c(F)c1. The Bertz CT molecular complexity index is 1240. The second-order valence-corrected chi connectivity index (χ2v) is 10.8. The first kappa shape index (κ1) is 31.7. The van der Waals surface area contributed by atoms with Crippen LogP contribution < -0.4 is 9.47 Å². The molecule has 0 unspecified atom stereocenters. The van der Waals surface area contributed by atoms with Gasteiger partial charge in [-0.15, -0.1) is 0 Å². The molecule has 2 aliphatic rings. The zero-order valence-corrected chi connectivity index (χ0v) is 23.1. The average Bonchev–Trinajstić information content (AvgIpc) is 2.92. The number of benzene rings is 2. The fourth-order valence-corrected chi connectivity index (χ4v) is 5.52. The van der Waals surface area contributed by atoms with Crippen LogP contribution >= 0.6 is 0 Å². The number of rotatable bonds is 9. The molecule has 0 atom stereocenters. The third kappa shape index (κ3) is 8.19. The van der Waals surface area contributed by atoms with Gasteiger partial charge in [0.2, 0.25) is 0 Å². The zero-order chi connectivity index (χ0) is 30.5. The molecule has 42 heavy (non-hydrogen) atoms. The lowest BCUT2D eigenvalue weighted by Gasteiger charge is -2.32. The molecular formula is C31H33F7O4. The van der Waals surface area contributed by atoms with E-state index in [9.17, 15) is 35.5 Å². The van der Waals surface area contributed by atoms with Crippen molar-refractivity contribution in [2.75, 3.05) is 6.61 Å². The molecule has 0 spiro atoms. The van der Waals surface area contributed by atoms with Crippen molar-refractivity contribution in [2.45, 2.75) is 76.7 Å². The molecule has 11 heteroatoms. The number of esters is 1. The largest absolute Gasteiger partial charge is 0.494 e. The van der Waals surface area contributed by atoms with Gasteiger partial charge in [0.15, 0.2) is 0 Å². The molecule has 2 fully saturated rings. The van der Waals surface area contributed by atoms with Crippen molar-refractivity contribution in [1.82, 2.24) is 0 Å². The molecule has 2 aromatic rings. The molecule has 0 amide bonds. The Hall–Kier alpha value is -3.24. The van der Waals surface area contributed by atoms with Gasteiger partial charge < -0.3 is 14.2 Å². The van der Waals surface area contributed by atoms with Crippen LogP contribution in [0.15, 0.2) is 48.6 Å². The standard InChI is InChI=1S/C31H33F7O4/c1-2-40-23-13-15-25(27(32)17-23)29(39)41-22-11-7-20(8-12-22)4-3-19-5-9-21(10-6-19)31(37,38)42-24-14-16-26(28(33)18-24)30(34,35)36/h3-4,13-22H,2,5-12H2,1H3/b4-3+. The molecule has 4 rings (SSSR count). The molecule has 4 nitrogen and oxygen atoms in total. The predicted octanol–water partition coefficient (Wildman–Crippen LogP) is 9.13. The first-order valence-corrected chi connectivity index (χ1v) is 14.1. The molecule has 0 aromatic heterocycles. The Morgan fingerprint density at radius 2 is 1.38 bits per heavy atom. The average molecular weight is 603 g/mol. The third-order valence-electron chi connectivity index (χ3n) is 7.87. The van der Waals surface area contributed by atoms with Crippen LogP contribution in [0.4, 0.5) is 30.7 Å². The predicted molar refractivity (Wildman–Crippen MR) is 140 cm³/mol. The Kier molecular flexibility index (Phi) is 10.1. The highest BCUT2D eigenvalue weighted by atomic mass is 19.4. The van der Waals surface area contributed by atoms with Gasteiger partial charge in [-0.25, -0.2) is 13.6 Å². The van der Waals surface area contributed by atoms with Gasteiger partial charge in [-0.2, -0.15) is 22.0 Å². The molecule has 0 bridgehead atoms. The second kappa shape index (κ2) is 13.4. The lowest BCUT2D eigenvalue weighted by Crippen LogP contribution is -2.37. The van der Waals surface area contributed by atoms with E-state index in [-0.39, 0.29) is 36.3 Å². The van der Waals surface area contributed by atoms with Crippen molar-refractivity contribution in [2.24, 2.45) is 17.8 Å². The number of ether oxygens (including phenoxy) is 3. The van der Waals surface area contributed by atoms with Crippen LogP contribution in [0, 0.1) is 29.4 Å². The Morgan fingerprint density at radius 3 is 1.93 bits per heavy atom. The fraction of sp³-hybridized carbons (Fsp3) is 0.516. The van der Waals surface area contributed by atoms with Gasteiger partial charge in [-0.3, -0.25) is 0 Å². The lowest BCUT2D eigenvalue weighted by molar-refractivity contribution is -0.223. The van der Waals surface area contributed by atoms with Crippen molar-refractivity contribution in [1.29, 1.82) is 0 Å². The summed E-state index contributed by atoms with van der Waals surface area (Å²) >= 11 is 0. The van der Waals surface area contributed by atoms with E-state index in [0.717, 1.165) is 18.9 Å². The van der Waals surface area contributed by atoms with E-state index < -0.39 is 47.1 Å². The number of alkyl halides is 5. The normalized spacial score (nSPS) is 23.5. The van der Waals surface area contributed by atoms with Gasteiger partial charge in [0.1, 0.15) is 29.2 Å². The highest BCUT2D eigenvalue weighted by Gasteiger charge is 2.44. The molecule has 0 aliphatic heterocycles. The van der Waals surface area contributed by atoms with E-state index in [2.05, 4.69) is 10.8 Å². The molecule has 230 valence electrons. The minimum absolute atomic E-state index is 0.0961. The Labute approximate surface area is 239 Å². The summed E-state index contributed by atoms with van der Waals surface area (Å²) in [5, 5.41) is 0. The summed E-state index contributed by atoms with van der Waals surface area (Å²) in [6.45, 7) is 2.15. The van der Waals surface area contributed by atoms with E-state index in [4.69, 9.17) is 9.47 Å². The fourth-order valence-electron chi connectivity index (χ4n) is 5.52. The summed E-state index contributed by atoms with van der Waals surface area (Å²) in [4.78, 5) is 12.4. The van der Waals surface area contributed by atoms with Crippen LogP contribution in [0.2, 0.25) is 0 Å². The van der Waals surface area contributed by atoms with Crippen LogP contribution in [0.1, 0.15) is 74.2 Å². The van der Waals surface area contributed by atoms with Crippen molar-refractivity contribution < 1.29 is 49.7 Å². The van der Waals surface area contributed by atoms with Gasteiger partial charge >= 0.3 is 18.3 Å². The van der Waals surface area contributed by atoms with Crippen molar-refractivity contribution in [3.63, 3.8) is 0 Å². The highest BCUT2D eigenvalue weighted by molar-refractivity contribution is 5.90. The Morgan fingerprint density at radius 1 is 0.810 bits per heavy atom. The first-order valence-electron chi connectivity index (χ1n) is 14.1. The van der Waals surface area contributed by atoms with Gasteiger partial charge in [0.05, 0.1) is 23.7 Å². The van der Waals surface area contributed by atoms with Crippen LogP contribution in [-0.4, -0.2) is 24.8 Å². The summed E-state index contributed by atoms with van der Waals surface area (Å²) in [6, 6.07) is 5.45. The van der Waals surface area contributed by atoms with Gasteiger partial charge in [-0.1, -0.05) is 12.2 Å². The smallest absolute Gasteiger partial charge is 0.419 e.